The second-order valence-corrected chi connectivity index (χ2v) is 11.5. The number of ether oxygens (including phenoxy) is 2. The number of benzene rings is 1. The van der Waals surface area contributed by atoms with E-state index in [1.807, 2.05) is 18.2 Å². The van der Waals surface area contributed by atoms with Gasteiger partial charge in [0.25, 0.3) is 5.91 Å². The molecule has 3 heterocycles. The van der Waals surface area contributed by atoms with E-state index in [-0.39, 0.29) is 39.9 Å². The van der Waals surface area contributed by atoms with Crippen LogP contribution < -0.4 is 0 Å². The third kappa shape index (κ3) is 4.72. The van der Waals surface area contributed by atoms with Crippen molar-refractivity contribution in [3.05, 3.63) is 88.4 Å². The molecule has 6 rings (SSSR count). The van der Waals surface area contributed by atoms with Crippen molar-refractivity contribution in [2.24, 2.45) is 11.8 Å². The number of allylic oxidation sites excluding steroid dienone is 3. The zero-order chi connectivity index (χ0) is 28.2. The van der Waals surface area contributed by atoms with Crippen LogP contribution in [0, 0.1) is 18.8 Å². The molecule has 1 amide bonds. The highest BCUT2D eigenvalue weighted by Gasteiger charge is 2.57. The number of hydrogen-bond acceptors (Lipinski definition) is 6. The molecule has 11 heteroatoms. The topological polar surface area (TPSA) is 89.0 Å². The largest absolute Gasteiger partial charge is 0.475 e. The molecule has 4 atom stereocenters. The number of nitrogens with zero attached hydrogens (tertiary/aromatic N) is 2. The number of likely N-dealkylation sites (tertiary alicyclic amines) is 1. The van der Waals surface area contributed by atoms with Crippen molar-refractivity contribution in [1.29, 1.82) is 0 Å². The molecule has 0 bridgehead atoms. The van der Waals surface area contributed by atoms with Crippen molar-refractivity contribution in [2.45, 2.75) is 50.9 Å². The standard InChI is InChI=1S/C29H25F3N2O5S/c1-15-33-25(26(40-15)18-9-5-6-10-19(18)29(30,31)32)27(35)34-20-11-17(20)12-21(34)24(16-7-3-2-4-8-16)22-13-39-23(14-38-22)28(36)37/h2-3,5-7,9-10,13-14,17,20-21,24H,4,8,11-12H2,1H3,(H,36,37)/t17-,20+,21+,24?/m1/s1. The molecular weight excluding hydrogens is 545 g/mol. The maximum absolute atomic E-state index is 14.2. The summed E-state index contributed by atoms with van der Waals surface area (Å²) in [6.07, 6.45) is 6.67. The number of carboxylic acid groups (broad SMARTS) is 1. The first kappa shape index (κ1) is 26.4. The summed E-state index contributed by atoms with van der Waals surface area (Å²) in [7, 11) is 0. The molecule has 1 aromatic carbocycles. The number of hydrogen-bond donors (Lipinski definition) is 1. The predicted molar refractivity (Wildman–Crippen MR) is 140 cm³/mol. The lowest BCUT2D eigenvalue weighted by Gasteiger charge is -2.36. The van der Waals surface area contributed by atoms with E-state index in [0.29, 0.717) is 23.6 Å². The number of carbonyl (C=O) groups excluding carboxylic acids is 1. The molecule has 1 N–H and O–H groups in total. The number of aliphatic carboxylic acids is 1. The highest BCUT2D eigenvalue weighted by Crippen LogP contribution is 2.53. The van der Waals surface area contributed by atoms with Gasteiger partial charge in [0.05, 0.1) is 21.4 Å². The second kappa shape index (κ2) is 9.96. The Morgan fingerprint density at radius 3 is 2.65 bits per heavy atom. The monoisotopic (exact) mass is 570 g/mol. The van der Waals surface area contributed by atoms with E-state index in [4.69, 9.17) is 9.47 Å². The number of carbonyl (C=O) groups is 2. The third-order valence-electron chi connectivity index (χ3n) is 7.74. The SMILES string of the molecule is Cc1nc(C(=O)N2[C@H](C(C3=CC=CCC3)C3=COC(C(=O)O)=CO3)C[C@H]3C[C@@H]32)c(-c2ccccc2C(F)(F)F)s1. The van der Waals surface area contributed by atoms with Crippen LogP contribution in [0.25, 0.3) is 10.4 Å². The van der Waals surface area contributed by atoms with Crippen molar-refractivity contribution in [1.82, 2.24) is 9.88 Å². The number of aromatic nitrogens is 1. The first-order valence-electron chi connectivity index (χ1n) is 12.9. The fourth-order valence-electron chi connectivity index (χ4n) is 5.94. The lowest BCUT2D eigenvalue weighted by molar-refractivity contribution is -0.137. The molecule has 7 nitrogen and oxygen atoms in total. The molecule has 40 heavy (non-hydrogen) atoms. The fourth-order valence-corrected chi connectivity index (χ4v) is 6.89. The number of thiazole rings is 1. The van der Waals surface area contributed by atoms with Crippen molar-refractivity contribution < 1.29 is 37.3 Å². The third-order valence-corrected chi connectivity index (χ3v) is 8.75. The highest BCUT2D eigenvalue weighted by atomic mass is 32.1. The van der Waals surface area contributed by atoms with Crippen molar-refractivity contribution in [3.63, 3.8) is 0 Å². The normalized spacial score (nSPS) is 24.2. The molecule has 0 spiro atoms. The van der Waals surface area contributed by atoms with Gasteiger partial charge in [-0.3, -0.25) is 4.79 Å². The summed E-state index contributed by atoms with van der Waals surface area (Å²) < 4.78 is 52.8. The van der Waals surface area contributed by atoms with E-state index in [9.17, 15) is 27.9 Å². The molecule has 1 unspecified atom stereocenters. The molecule has 2 aliphatic heterocycles. The smallest absolute Gasteiger partial charge is 0.417 e. The molecule has 2 fully saturated rings. The van der Waals surface area contributed by atoms with Crippen LogP contribution in [0.15, 0.2) is 72.1 Å². The molecule has 2 aliphatic carbocycles. The van der Waals surface area contributed by atoms with Gasteiger partial charge in [-0.2, -0.15) is 13.2 Å². The average Bonchev–Trinajstić information content (AvgIpc) is 3.42. The molecule has 1 saturated heterocycles. The molecular formula is C29H25F3N2O5S. The molecule has 208 valence electrons. The first-order valence-corrected chi connectivity index (χ1v) is 13.7. The minimum absolute atomic E-state index is 0.0101. The summed E-state index contributed by atoms with van der Waals surface area (Å²) in [6.45, 7) is 1.68. The summed E-state index contributed by atoms with van der Waals surface area (Å²) in [6, 6.07) is 4.82. The van der Waals surface area contributed by atoms with Crippen LogP contribution in [0.2, 0.25) is 0 Å². The highest BCUT2D eigenvalue weighted by molar-refractivity contribution is 7.15. The van der Waals surface area contributed by atoms with Gasteiger partial charge in [-0.15, -0.1) is 11.3 Å². The average molecular weight is 571 g/mol. The van der Waals surface area contributed by atoms with Gasteiger partial charge in [0.1, 0.15) is 24.0 Å². The Kier molecular flexibility index (Phi) is 6.56. The van der Waals surface area contributed by atoms with Crippen LogP contribution >= 0.6 is 11.3 Å². The molecule has 2 aromatic rings. The fraction of sp³-hybridized carbons (Fsp3) is 0.345. The van der Waals surface area contributed by atoms with Gasteiger partial charge in [-0.05, 0) is 44.6 Å². The number of rotatable bonds is 6. The van der Waals surface area contributed by atoms with E-state index >= 15 is 0 Å². The Morgan fingerprint density at radius 2 is 1.98 bits per heavy atom. The van der Waals surface area contributed by atoms with E-state index in [1.54, 1.807) is 11.8 Å². The van der Waals surface area contributed by atoms with Crippen LogP contribution in [-0.2, 0) is 20.4 Å². The second-order valence-electron chi connectivity index (χ2n) is 10.3. The summed E-state index contributed by atoms with van der Waals surface area (Å²) in [4.78, 5) is 32.0. The molecule has 4 aliphatic rings. The van der Waals surface area contributed by atoms with E-state index in [0.717, 1.165) is 42.1 Å². The van der Waals surface area contributed by atoms with E-state index in [1.165, 1.54) is 24.5 Å². The predicted octanol–water partition coefficient (Wildman–Crippen LogP) is 6.45. The van der Waals surface area contributed by atoms with E-state index < -0.39 is 29.5 Å². The summed E-state index contributed by atoms with van der Waals surface area (Å²) in [5.41, 5.74) is 0.134. The Labute approximate surface area is 231 Å². The van der Waals surface area contributed by atoms with Crippen molar-refractivity contribution in [2.75, 3.05) is 0 Å². The van der Waals surface area contributed by atoms with Crippen LogP contribution in [0.4, 0.5) is 13.2 Å². The van der Waals surface area contributed by atoms with Crippen LogP contribution in [0.3, 0.4) is 0 Å². The Bertz CT molecular complexity index is 1510. The van der Waals surface area contributed by atoms with Gasteiger partial charge in [0.2, 0.25) is 5.76 Å². The Balaban J connectivity index is 1.39. The zero-order valence-corrected chi connectivity index (χ0v) is 22.2. The van der Waals surface area contributed by atoms with Gasteiger partial charge < -0.3 is 19.5 Å². The maximum Gasteiger partial charge on any atom is 0.417 e. The lowest BCUT2D eigenvalue weighted by atomic mass is 9.82. The minimum atomic E-state index is -4.59. The number of piperidine rings is 1. The lowest BCUT2D eigenvalue weighted by Crippen LogP contribution is -2.44. The van der Waals surface area contributed by atoms with Gasteiger partial charge >= 0.3 is 12.1 Å². The molecule has 1 saturated carbocycles. The van der Waals surface area contributed by atoms with E-state index in [2.05, 4.69) is 4.98 Å². The maximum atomic E-state index is 14.2. The van der Waals surface area contributed by atoms with Gasteiger partial charge in [-0.25, -0.2) is 9.78 Å². The van der Waals surface area contributed by atoms with Gasteiger partial charge in [0, 0.05) is 17.6 Å². The number of halogens is 3. The minimum Gasteiger partial charge on any atom is -0.475 e. The Hall–Kier alpha value is -3.86. The zero-order valence-electron chi connectivity index (χ0n) is 21.4. The van der Waals surface area contributed by atoms with Crippen molar-refractivity contribution >= 4 is 23.2 Å². The molecule has 1 aromatic heterocycles. The first-order chi connectivity index (χ1) is 19.1. The van der Waals surface area contributed by atoms with Crippen LogP contribution in [-0.4, -0.2) is 39.0 Å². The summed E-state index contributed by atoms with van der Waals surface area (Å²) in [5.74, 6) is -1.81. The quantitative estimate of drug-likeness (QED) is 0.430. The number of alkyl halides is 3. The number of fused-ring (bicyclic) bond motifs is 1. The van der Waals surface area contributed by atoms with Gasteiger partial charge in [-0.1, -0.05) is 42.0 Å². The summed E-state index contributed by atoms with van der Waals surface area (Å²) in [5, 5.41) is 9.74. The molecule has 0 radical (unpaired) electrons. The number of amides is 1. The summed E-state index contributed by atoms with van der Waals surface area (Å²) >= 11 is 1.07. The van der Waals surface area contributed by atoms with Gasteiger partial charge in [0.15, 0.2) is 0 Å². The number of carboxylic acids is 1. The van der Waals surface area contributed by atoms with Crippen molar-refractivity contribution in [3.8, 4) is 10.4 Å². The van der Waals surface area contributed by atoms with Crippen LogP contribution in [0.5, 0.6) is 0 Å². The Morgan fingerprint density at radius 1 is 1.18 bits per heavy atom. The number of aryl methyl sites for hydroxylation is 1. The van der Waals surface area contributed by atoms with Crippen LogP contribution in [0.1, 0.15) is 46.7 Å².